The lowest BCUT2D eigenvalue weighted by Crippen LogP contribution is -2.29. The Labute approximate surface area is 151 Å². The van der Waals surface area contributed by atoms with Gasteiger partial charge in [-0.3, -0.25) is 0 Å². The van der Waals surface area contributed by atoms with Crippen LogP contribution in [0.2, 0.25) is 0 Å². The van der Waals surface area contributed by atoms with Crippen LogP contribution < -0.4 is 15.4 Å². The molecule has 0 atom stereocenters. The van der Waals surface area contributed by atoms with Gasteiger partial charge >= 0.3 is 12.2 Å². The molecule has 2 rings (SSSR count). The summed E-state index contributed by atoms with van der Waals surface area (Å²) in [4.78, 5) is 11.6. The molecule has 0 heterocycles. The third-order valence-electron chi connectivity index (χ3n) is 3.13. The molecule has 0 aliphatic heterocycles. The predicted molar refractivity (Wildman–Crippen MR) is 88.1 cm³/mol. The van der Waals surface area contributed by atoms with E-state index in [2.05, 4.69) is 22.5 Å². The molecule has 0 aliphatic carbocycles. The molecule has 2 aromatic rings. The number of anilines is 1. The molecule has 0 bridgehead atoms. The lowest BCUT2D eigenvalue weighted by Gasteiger charge is -2.08. The van der Waals surface area contributed by atoms with E-state index in [0.717, 1.165) is 36.4 Å². The largest absolute Gasteiger partial charge is 0.478 e. The quantitative estimate of drug-likeness (QED) is 0.614. The Balaban J connectivity index is 1.72. The Kier molecular flexibility index (Phi) is 6.60. The van der Waals surface area contributed by atoms with Crippen molar-refractivity contribution in [1.82, 2.24) is 5.32 Å². The van der Waals surface area contributed by atoms with Gasteiger partial charge in [0.25, 0.3) is 0 Å². The van der Waals surface area contributed by atoms with Crippen molar-refractivity contribution in [2.45, 2.75) is 6.18 Å². The average Bonchev–Trinajstić information content (AvgIpc) is 2.59. The van der Waals surface area contributed by atoms with Gasteiger partial charge in [0.15, 0.2) is 11.6 Å². The second-order valence-corrected chi connectivity index (χ2v) is 5.10. The summed E-state index contributed by atoms with van der Waals surface area (Å²) in [5.41, 5.74) is -0.638. The number of benzene rings is 2. The molecule has 0 radical (unpaired) electrons. The molecule has 2 N–H and O–H groups in total. The van der Waals surface area contributed by atoms with E-state index in [1.165, 1.54) is 0 Å². The Morgan fingerprint density at radius 2 is 1.74 bits per heavy atom. The number of amides is 2. The summed E-state index contributed by atoms with van der Waals surface area (Å²) in [7, 11) is 0. The summed E-state index contributed by atoms with van der Waals surface area (Å²) in [6.07, 6.45) is -4.45. The second-order valence-electron chi connectivity index (χ2n) is 5.10. The predicted octanol–water partition coefficient (Wildman–Crippen LogP) is 4.19. The van der Waals surface area contributed by atoms with Gasteiger partial charge < -0.3 is 15.4 Å². The zero-order valence-corrected chi connectivity index (χ0v) is 13.7. The Morgan fingerprint density at radius 1 is 1.04 bits per heavy atom. The number of alkyl halides is 3. The number of hydrogen-bond donors (Lipinski definition) is 2. The normalized spacial score (nSPS) is 10.6. The highest BCUT2D eigenvalue weighted by atomic mass is 19.4. The van der Waals surface area contributed by atoms with Gasteiger partial charge in [-0.25, -0.2) is 13.6 Å². The molecule has 0 unspecified atom stereocenters. The molecule has 0 aromatic heterocycles. The standard InChI is InChI=1S/C18H13F5N2O2/c19-13-5-8-16(15(20)11-13)27-10-2-1-9-24-17(26)25-14-6-3-12(4-7-14)18(21,22)23/h3-8,11H,9-10H2,(H2,24,25,26). The van der Waals surface area contributed by atoms with Gasteiger partial charge in [-0.1, -0.05) is 11.8 Å². The molecule has 27 heavy (non-hydrogen) atoms. The van der Waals surface area contributed by atoms with Crippen LogP contribution in [-0.2, 0) is 6.18 Å². The molecule has 2 aromatic carbocycles. The summed E-state index contributed by atoms with van der Waals surface area (Å²) in [5, 5.41) is 4.72. The van der Waals surface area contributed by atoms with Crippen molar-refractivity contribution in [2.24, 2.45) is 0 Å². The number of nitrogens with one attached hydrogen (secondary N) is 2. The fourth-order valence-corrected chi connectivity index (χ4v) is 1.86. The highest BCUT2D eigenvalue weighted by Crippen LogP contribution is 2.29. The number of halogens is 5. The minimum Gasteiger partial charge on any atom is -0.478 e. The van der Waals surface area contributed by atoms with Crippen LogP contribution in [0, 0.1) is 23.5 Å². The van der Waals surface area contributed by atoms with Crippen LogP contribution in [0.25, 0.3) is 0 Å². The number of urea groups is 1. The van der Waals surface area contributed by atoms with Gasteiger partial charge in [0, 0.05) is 11.8 Å². The minimum atomic E-state index is -4.45. The van der Waals surface area contributed by atoms with Crippen LogP contribution in [0.3, 0.4) is 0 Å². The van der Waals surface area contributed by atoms with Gasteiger partial charge in [-0.2, -0.15) is 13.2 Å². The van der Waals surface area contributed by atoms with E-state index in [1.807, 2.05) is 0 Å². The van der Waals surface area contributed by atoms with Gasteiger partial charge in [0.1, 0.15) is 12.4 Å². The Morgan fingerprint density at radius 3 is 2.37 bits per heavy atom. The topological polar surface area (TPSA) is 50.4 Å². The summed E-state index contributed by atoms with van der Waals surface area (Å²) < 4.78 is 68.3. The van der Waals surface area contributed by atoms with Gasteiger partial charge in [-0.05, 0) is 36.4 Å². The first-order chi connectivity index (χ1) is 12.8. The van der Waals surface area contributed by atoms with Crippen LogP contribution in [0.15, 0.2) is 42.5 Å². The van der Waals surface area contributed by atoms with Crippen LogP contribution in [-0.4, -0.2) is 19.2 Å². The van der Waals surface area contributed by atoms with E-state index < -0.39 is 29.4 Å². The molecule has 4 nitrogen and oxygen atoms in total. The molecule has 0 spiro atoms. The smallest absolute Gasteiger partial charge is 0.416 e. The lowest BCUT2D eigenvalue weighted by atomic mass is 10.2. The van der Waals surface area contributed by atoms with Crippen molar-refractivity contribution < 1.29 is 31.5 Å². The number of hydrogen-bond acceptors (Lipinski definition) is 2. The monoisotopic (exact) mass is 384 g/mol. The van der Waals surface area contributed by atoms with E-state index in [9.17, 15) is 26.7 Å². The maximum Gasteiger partial charge on any atom is 0.416 e. The van der Waals surface area contributed by atoms with Crippen molar-refractivity contribution in [3.8, 4) is 17.6 Å². The first-order valence-electron chi connectivity index (χ1n) is 7.51. The molecule has 0 aliphatic rings. The van der Waals surface area contributed by atoms with E-state index >= 15 is 0 Å². The molecule has 0 saturated carbocycles. The second kappa shape index (κ2) is 8.89. The SMILES string of the molecule is O=C(NCC#CCOc1ccc(F)cc1F)Nc1ccc(C(F)(F)F)cc1. The van der Waals surface area contributed by atoms with Crippen molar-refractivity contribution >= 4 is 11.7 Å². The zero-order valence-electron chi connectivity index (χ0n) is 13.7. The molecule has 142 valence electrons. The molecular weight excluding hydrogens is 371 g/mol. The lowest BCUT2D eigenvalue weighted by molar-refractivity contribution is -0.137. The fraction of sp³-hybridized carbons (Fsp3) is 0.167. The molecule has 2 amide bonds. The van der Waals surface area contributed by atoms with E-state index in [-0.39, 0.29) is 24.6 Å². The molecular formula is C18H13F5N2O2. The minimum absolute atomic E-state index is 0.0677. The number of ether oxygens (including phenoxy) is 1. The number of carbonyl (C=O) groups excluding carboxylic acids is 1. The van der Waals surface area contributed by atoms with Gasteiger partial charge in [0.05, 0.1) is 12.1 Å². The highest BCUT2D eigenvalue weighted by Gasteiger charge is 2.29. The molecule has 0 fully saturated rings. The van der Waals surface area contributed by atoms with E-state index in [4.69, 9.17) is 4.74 Å². The maximum atomic E-state index is 13.3. The van der Waals surface area contributed by atoms with Crippen molar-refractivity contribution in [2.75, 3.05) is 18.5 Å². The van der Waals surface area contributed by atoms with Gasteiger partial charge in [0.2, 0.25) is 0 Å². The van der Waals surface area contributed by atoms with Gasteiger partial charge in [-0.15, -0.1) is 0 Å². The van der Waals surface area contributed by atoms with Crippen molar-refractivity contribution in [1.29, 1.82) is 0 Å². The van der Waals surface area contributed by atoms with Crippen LogP contribution in [0.4, 0.5) is 32.4 Å². The average molecular weight is 384 g/mol. The van der Waals surface area contributed by atoms with Crippen molar-refractivity contribution in [3.63, 3.8) is 0 Å². The molecule has 0 saturated heterocycles. The summed E-state index contributed by atoms with van der Waals surface area (Å²) in [6.45, 7) is -0.244. The maximum absolute atomic E-state index is 13.3. The Hall–Kier alpha value is -3.28. The van der Waals surface area contributed by atoms with Crippen LogP contribution in [0.5, 0.6) is 5.75 Å². The summed E-state index contributed by atoms with van der Waals surface area (Å²) in [5.74, 6) is 3.32. The number of rotatable bonds is 4. The Bertz CT molecular complexity index is 855. The van der Waals surface area contributed by atoms with Crippen LogP contribution >= 0.6 is 0 Å². The highest BCUT2D eigenvalue weighted by molar-refractivity contribution is 5.89. The van der Waals surface area contributed by atoms with Crippen LogP contribution in [0.1, 0.15) is 5.56 Å². The van der Waals surface area contributed by atoms with E-state index in [1.54, 1.807) is 0 Å². The third-order valence-corrected chi connectivity index (χ3v) is 3.13. The summed E-state index contributed by atoms with van der Waals surface area (Å²) >= 11 is 0. The van der Waals surface area contributed by atoms with E-state index in [0.29, 0.717) is 6.07 Å². The number of carbonyl (C=O) groups is 1. The molecule has 9 heteroatoms. The first-order valence-corrected chi connectivity index (χ1v) is 7.51. The fourth-order valence-electron chi connectivity index (χ4n) is 1.86. The van der Waals surface area contributed by atoms with Crippen molar-refractivity contribution in [3.05, 3.63) is 59.7 Å². The zero-order chi connectivity index (χ0) is 19.9. The first kappa shape index (κ1) is 20.0. The third kappa shape index (κ3) is 6.51. The summed E-state index contributed by atoms with van der Waals surface area (Å²) in [6, 6.07) is 6.13.